The molecule has 0 unspecified atom stereocenters. The number of aromatic nitrogens is 1. The number of sulfone groups is 1. The molecule has 0 aliphatic rings. The van der Waals surface area contributed by atoms with Gasteiger partial charge in [0.1, 0.15) is 9.88 Å². The second-order valence-electron chi connectivity index (χ2n) is 5.21. The number of amides is 2. The summed E-state index contributed by atoms with van der Waals surface area (Å²) in [5.41, 5.74) is 4.83. The van der Waals surface area contributed by atoms with Crippen LogP contribution in [0, 0.1) is 0 Å². The van der Waals surface area contributed by atoms with Gasteiger partial charge in [0.15, 0.2) is 9.84 Å². The summed E-state index contributed by atoms with van der Waals surface area (Å²) in [6.45, 7) is 0. The Morgan fingerprint density at radius 2 is 1.73 bits per heavy atom. The highest BCUT2D eigenvalue weighted by atomic mass is 32.2. The fourth-order valence-electron chi connectivity index (χ4n) is 1.99. The van der Waals surface area contributed by atoms with Gasteiger partial charge in [-0.15, -0.1) is 22.7 Å². The van der Waals surface area contributed by atoms with Gasteiger partial charge in [0, 0.05) is 11.8 Å². The Bertz CT molecular complexity index is 1040. The minimum absolute atomic E-state index is 0.115. The molecule has 3 aromatic rings. The van der Waals surface area contributed by atoms with E-state index in [1.165, 1.54) is 53.1 Å². The molecule has 0 saturated carbocycles. The van der Waals surface area contributed by atoms with Crippen LogP contribution in [0.25, 0.3) is 9.88 Å². The van der Waals surface area contributed by atoms with Crippen molar-refractivity contribution in [1.29, 1.82) is 0 Å². The van der Waals surface area contributed by atoms with Gasteiger partial charge in [-0.1, -0.05) is 6.07 Å². The molecule has 0 radical (unpaired) electrons. The smallest absolute Gasteiger partial charge is 0.267 e. The maximum Gasteiger partial charge on any atom is 0.281 e. The standard InChI is InChI=1S/C16H13N3O4S3/c1-26(22,23)11-6-4-10(5-7-11)14(20)18-19-15(21)13-9-17-16(25-13)12-3-2-8-24-12/h2-9H,1H3,(H,18,20)(H,19,21). The number of nitrogens with zero attached hydrogens (tertiary/aromatic N) is 1. The Morgan fingerprint density at radius 3 is 2.35 bits per heavy atom. The Labute approximate surface area is 157 Å². The molecule has 0 fully saturated rings. The number of thiophene rings is 1. The average molecular weight is 407 g/mol. The third-order valence-electron chi connectivity index (χ3n) is 3.30. The van der Waals surface area contributed by atoms with Gasteiger partial charge in [-0.2, -0.15) is 0 Å². The number of benzene rings is 1. The van der Waals surface area contributed by atoms with Crippen LogP contribution in [-0.4, -0.2) is 31.5 Å². The quantitative estimate of drug-likeness (QED) is 0.646. The number of nitrogens with one attached hydrogen (secondary N) is 2. The lowest BCUT2D eigenvalue weighted by Crippen LogP contribution is -2.41. The summed E-state index contributed by atoms with van der Waals surface area (Å²) in [5, 5.41) is 2.65. The monoisotopic (exact) mass is 407 g/mol. The number of carbonyl (C=O) groups excluding carboxylic acids is 2. The van der Waals surface area contributed by atoms with E-state index in [-0.39, 0.29) is 10.5 Å². The molecule has 2 amide bonds. The van der Waals surface area contributed by atoms with Crippen molar-refractivity contribution in [3.05, 3.63) is 58.4 Å². The second kappa shape index (κ2) is 7.36. The summed E-state index contributed by atoms with van der Waals surface area (Å²) in [4.78, 5) is 29.8. The SMILES string of the molecule is CS(=O)(=O)c1ccc(C(=O)NNC(=O)c2cnc(-c3cccs3)s2)cc1. The Morgan fingerprint density at radius 1 is 1.04 bits per heavy atom. The lowest BCUT2D eigenvalue weighted by molar-refractivity contribution is 0.0848. The van der Waals surface area contributed by atoms with Crippen LogP contribution in [-0.2, 0) is 9.84 Å². The Kier molecular flexibility index (Phi) is 5.16. The first-order chi connectivity index (χ1) is 12.3. The van der Waals surface area contributed by atoms with Crippen LogP contribution in [0.3, 0.4) is 0 Å². The molecular formula is C16H13N3O4S3. The molecule has 2 aromatic heterocycles. The molecule has 0 atom stereocenters. The van der Waals surface area contributed by atoms with Crippen LogP contribution in [0.2, 0.25) is 0 Å². The molecule has 134 valence electrons. The second-order valence-corrected chi connectivity index (χ2v) is 9.21. The third-order valence-corrected chi connectivity index (χ3v) is 6.46. The van der Waals surface area contributed by atoms with E-state index in [4.69, 9.17) is 0 Å². The molecule has 0 aliphatic carbocycles. The van der Waals surface area contributed by atoms with Gasteiger partial charge in [-0.05, 0) is 35.7 Å². The van der Waals surface area contributed by atoms with E-state index >= 15 is 0 Å². The van der Waals surface area contributed by atoms with E-state index in [2.05, 4.69) is 15.8 Å². The van der Waals surface area contributed by atoms with Crippen molar-refractivity contribution in [1.82, 2.24) is 15.8 Å². The summed E-state index contributed by atoms with van der Waals surface area (Å²) in [7, 11) is -3.33. The van der Waals surface area contributed by atoms with Crippen molar-refractivity contribution in [3.63, 3.8) is 0 Å². The van der Waals surface area contributed by atoms with E-state index in [1.54, 1.807) is 0 Å². The lowest BCUT2D eigenvalue weighted by atomic mass is 10.2. The van der Waals surface area contributed by atoms with Crippen molar-refractivity contribution in [2.24, 2.45) is 0 Å². The number of hydrogen-bond acceptors (Lipinski definition) is 7. The fraction of sp³-hybridized carbons (Fsp3) is 0.0625. The van der Waals surface area contributed by atoms with Gasteiger partial charge >= 0.3 is 0 Å². The number of rotatable bonds is 4. The molecular weight excluding hydrogens is 394 g/mol. The minimum atomic E-state index is -3.33. The number of thiazole rings is 1. The van der Waals surface area contributed by atoms with Crippen molar-refractivity contribution < 1.29 is 18.0 Å². The fourth-order valence-corrected chi connectivity index (χ4v) is 4.24. The van der Waals surface area contributed by atoms with Crippen LogP contribution in [0.4, 0.5) is 0 Å². The lowest BCUT2D eigenvalue weighted by Gasteiger charge is -2.06. The first-order valence-electron chi connectivity index (χ1n) is 7.25. The Balaban J connectivity index is 1.61. The van der Waals surface area contributed by atoms with Crippen LogP contribution in [0.5, 0.6) is 0 Å². The minimum Gasteiger partial charge on any atom is -0.267 e. The van der Waals surface area contributed by atoms with Crippen molar-refractivity contribution in [3.8, 4) is 9.88 Å². The topological polar surface area (TPSA) is 105 Å². The van der Waals surface area contributed by atoms with E-state index in [0.717, 1.165) is 16.1 Å². The molecule has 0 spiro atoms. The van der Waals surface area contributed by atoms with Crippen molar-refractivity contribution in [2.45, 2.75) is 4.90 Å². The van der Waals surface area contributed by atoms with Gasteiger partial charge in [0.05, 0.1) is 16.0 Å². The van der Waals surface area contributed by atoms with E-state index in [0.29, 0.717) is 4.88 Å². The predicted octanol–water partition coefficient (Wildman–Crippen LogP) is 2.35. The molecule has 26 heavy (non-hydrogen) atoms. The van der Waals surface area contributed by atoms with Crippen molar-refractivity contribution in [2.75, 3.05) is 6.26 Å². The van der Waals surface area contributed by atoms with E-state index in [1.807, 2.05) is 17.5 Å². The normalized spacial score (nSPS) is 11.1. The molecule has 2 heterocycles. The zero-order valence-corrected chi connectivity index (χ0v) is 15.9. The summed E-state index contributed by atoms with van der Waals surface area (Å²) >= 11 is 2.74. The molecule has 0 aliphatic heterocycles. The van der Waals surface area contributed by atoms with Crippen LogP contribution in [0.15, 0.2) is 52.9 Å². The average Bonchev–Trinajstić information content (AvgIpc) is 3.29. The highest BCUT2D eigenvalue weighted by molar-refractivity contribution is 7.90. The molecule has 10 heteroatoms. The maximum absolute atomic E-state index is 12.1. The molecule has 1 aromatic carbocycles. The number of carbonyl (C=O) groups is 2. The highest BCUT2D eigenvalue weighted by Crippen LogP contribution is 2.28. The number of hydrogen-bond donors (Lipinski definition) is 2. The van der Waals surface area contributed by atoms with Crippen molar-refractivity contribution >= 4 is 44.3 Å². The zero-order valence-electron chi connectivity index (χ0n) is 13.4. The molecule has 7 nitrogen and oxygen atoms in total. The van der Waals surface area contributed by atoms with Gasteiger partial charge in [-0.25, -0.2) is 13.4 Å². The molecule has 3 rings (SSSR count). The summed E-state index contributed by atoms with van der Waals surface area (Å²) in [5.74, 6) is -1.03. The summed E-state index contributed by atoms with van der Waals surface area (Å²) in [6, 6.07) is 9.23. The van der Waals surface area contributed by atoms with Gasteiger partial charge in [-0.3, -0.25) is 20.4 Å². The van der Waals surface area contributed by atoms with Crippen LogP contribution >= 0.6 is 22.7 Å². The first-order valence-corrected chi connectivity index (χ1v) is 10.8. The predicted molar refractivity (Wildman–Crippen MR) is 99.9 cm³/mol. The largest absolute Gasteiger partial charge is 0.281 e. The first kappa shape index (κ1) is 18.2. The van der Waals surface area contributed by atoms with Gasteiger partial charge in [0.25, 0.3) is 11.8 Å². The molecule has 2 N–H and O–H groups in total. The van der Waals surface area contributed by atoms with E-state index < -0.39 is 21.7 Å². The van der Waals surface area contributed by atoms with E-state index in [9.17, 15) is 18.0 Å². The van der Waals surface area contributed by atoms with Crippen LogP contribution < -0.4 is 10.9 Å². The molecule has 0 bridgehead atoms. The molecule has 0 saturated heterocycles. The summed E-state index contributed by atoms with van der Waals surface area (Å²) < 4.78 is 22.8. The zero-order chi connectivity index (χ0) is 18.7. The highest BCUT2D eigenvalue weighted by Gasteiger charge is 2.14. The van der Waals surface area contributed by atoms with Crippen LogP contribution in [0.1, 0.15) is 20.0 Å². The third kappa shape index (κ3) is 4.15. The number of hydrazine groups is 1. The van der Waals surface area contributed by atoms with Gasteiger partial charge in [0.2, 0.25) is 0 Å². The maximum atomic E-state index is 12.1. The van der Waals surface area contributed by atoms with Gasteiger partial charge < -0.3 is 0 Å². The summed E-state index contributed by atoms with van der Waals surface area (Å²) in [6.07, 6.45) is 2.53. The Hall–Kier alpha value is -2.56.